The molecule has 0 spiro atoms. The van der Waals surface area contributed by atoms with Crippen molar-refractivity contribution in [3.63, 3.8) is 0 Å². The summed E-state index contributed by atoms with van der Waals surface area (Å²) in [7, 11) is 0. The fourth-order valence-electron chi connectivity index (χ4n) is 4.12. The molecule has 3 aromatic rings. The standard InChI is InChI=1S/C25H28ClN3O3S/c1-17-12-29(13-18(2)32-17)25(31)15-28-14-23(20-8-4-6-10-22(20)28)33-16-24(30)27-11-19-7-3-5-9-21(19)26/h3-10,14,17-18H,11-13,15-16H2,1-2H3,(H,27,30). The molecule has 8 heteroatoms. The van der Waals surface area contributed by atoms with Crippen molar-refractivity contribution < 1.29 is 14.3 Å². The summed E-state index contributed by atoms with van der Waals surface area (Å²) >= 11 is 7.64. The lowest BCUT2D eigenvalue weighted by atomic mass is 10.2. The largest absolute Gasteiger partial charge is 0.372 e. The number of carbonyl (C=O) groups excluding carboxylic acids is 2. The van der Waals surface area contributed by atoms with Crippen LogP contribution in [0.5, 0.6) is 0 Å². The number of hydrogen-bond donors (Lipinski definition) is 1. The Hall–Kier alpha value is -2.48. The van der Waals surface area contributed by atoms with Crippen molar-refractivity contribution in [2.45, 2.75) is 44.0 Å². The first-order chi connectivity index (χ1) is 15.9. The molecule has 1 aliphatic rings. The number of nitrogens with one attached hydrogen (secondary N) is 1. The normalized spacial score (nSPS) is 18.5. The lowest BCUT2D eigenvalue weighted by Gasteiger charge is -2.35. The van der Waals surface area contributed by atoms with Gasteiger partial charge in [-0.2, -0.15) is 0 Å². The van der Waals surface area contributed by atoms with Crippen LogP contribution in [0.25, 0.3) is 10.9 Å². The van der Waals surface area contributed by atoms with E-state index in [-0.39, 0.29) is 36.3 Å². The number of aromatic nitrogens is 1. The molecule has 1 aromatic heterocycles. The molecule has 33 heavy (non-hydrogen) atoms. The van der Waals surface area contributed by atoms with Gasteiger partial charge in [0.2, 0.25) is 11.8 Å². The Labute approximate surface area is 203 Å². The van der Waals surface area contributed by atoms with Gasteiger partial charge < -0.3 is 19.5 Å². The molecule has 174 valence electrons. The zero-order valence-corrected chi connectivity index (χ0v) is 20.4. The first-order valence-corrected chi connectivity index (χ1v) is 12.4. The second-order valence-electron chi connectivity index (χ2n) is 8.35. The van der Waals surface area contributed by atoms with Gasteiger partial charge in [-0.05, 0) is 31.5 Å². The molecule has 0 radical (unpaired) electrons. The third kappa shape index (κ3) is 5.91. The fourth-order valence-corrected chi connectivity index (χ4v) is 5.24. The molecule has 1 saturated heterocycles. The summed E-state index contributed by atoms with van der Waals surface area (Å²) in [6.07, 6.45) is 2.05. The summed E-state index contributed by atoms with van der Waals surface area (Å²) in [5, 5.41) is 4.61. The number of morpholine rings is 1. The summed E-state index contributed by atoms with van der Waals surface area (Å²) in [4.78, 5) is 28.3. The van der Waals surface area contributed by atoms with Gasteiger partial charge in [0, 0.05) is 46.7 Å². The topological polar surface area (TPSA) is 63.6 Å². The second kappa shape index (κ2) is 10.6. The Morgan fingerprint density at radius 2 is 1.79 bits per heavy atom. The number of hydrogen-bond acceptors (Lipinski definition) is 4. The van der Waals surface area contributed by atoms with Crippen molar-refractivity contribution in [2.24, 2.45) is 0 Å². The molecule has 1 N–H and O–H groups in total. The van der Waals surface area contributed by atoms with Gasteiger partial charge in [-0.3, -0.25) is 9.59 Å². The summed E-state index contributed by atoms with van der Waals surface area (Å²) in [6.45, 7) is 5.86. The number of benzene rings is 2. The fraction of sp³-hybridized carbons (Fsp3) is 0.360. The van der Waals surface area contributed by atoms with E-state index in [0.29, 0.717) is 24.7 Å². The Kier molecular flexibility index (Phi) is 7.63. The van der Waals surface area contributed by atoms with Crippen LogP contribution in [0.2, 0.25) is 5.02 Å². The van der Waals surface area contributed by atoms with Crippen molar-refractivity contribution in [1.29, 1.82) is 0 Å². The first-order valence-electron chi connectivity index (χ1n) is 11.0. The predicted octanol–water partition coefficient (Wildman–Crippen LogP) is 4.34. The summed E-state index contributed by atoms with van der Waals surface area (Å²) in [5.41, 5.74) is 1.87. The SMILES string of the molecule is CC1CN(C(=O)Cn2cc(SCC(=O)NCc3ccccc3Cl)c3ccccc32)CC(C)O1. The molecule has 2 atom stereocenters. The van der Waals surface area contributed by atoms with Crippen LogP contribution in [0.15, 0.2) is 59.6 Å². The van der Waals surface area contributed by atoms with Crippen LogP contribution in [0, 0.1) is 0 Å². The van der Waals surface area contributed by atoms with Crippen LogP contribution in [-0.4, -0.2) is 52.3 Å². The number of halogens is 1. The number of rotatable bonds is 7. The third-order valence-corrected chi connectivity index (χ3v) is 7.03. The van der Waals surface area contributed by atoms with E-state index in [4.69, 9.17) is 16.3 Å². The van der Waals surface area contributed by atoms with Crippen molar-refractivity contribution in [1.82, 2.24) is 14.8 Å². The third-order valence-electron chi connectivity index (χ3n) is 5.62. The van der Waals surface area contributed by atoms with Crippen LogP contribution in [-0.2, 0) is 27.4 Å². The van der Waals surface area contributed by atoms with Gasteiger partial charge in [0.25, 0.3) is 0 Å². The van der Waals surface area contributed by atoms with Gasteiger partial charge >= 0.3 is 0 Å². The van der Waals surface area contributed by atoms with Crippen molar-refractivity contribution >= 4 is 46.1 Å². The van der Waals surface area contributed by atoms with E-state index in [1.54, 1.807) is 0 Å². The van der Waals surface area contributed by atoms with Gasteiger partial charge in [-0.25, -0.2) is 0 Å². The number of thioether (sulfide) groups is 1. The molecule has 2 aromatic carbocycles. The lowest BCUT2D eigenvalue weighted by molar-refractivity contribution is -0.143. The van der Waals surface area contributed by atoms with Crippen molar-refractivity contribution in [2.75, 3.05) is 18.8 Å². The predicted molar refractivity (Wildman–Crippen MR) is 133 cm³/mol. The number of fused-ring (bicyclic) bond motifs is 1. The van der Waals surface area contributed by atoms with E-state index < -0.39 is 0 Å². The van der Waals surface area contributed by atoms with Gasteiger partial charge in [0.15, 0.2) is 0 Å². The van der Waals surface area contributed by atoms with E-state index in [0.717, 1.165) is 21.4 Å². The summed E-state index contributed by atoms with van der Waals surface area (Å²) in [5.74, 6) is 0.293. The van der Waals surface area contributed by atoms with Gasteiger partial charge in [0.1, 0.15) is 6.54 Å². The zero-order chi connectivity index (χ0) is 23.4. The first kappa shape index (κ1) is 23.7. The highest BCUT2D eigenvalue weighted by molar-refractivity contribution is 8.00. The number of nitrogens with zero attached hydrogens (tertiary/aromatic N) is 2. The molecule has 2 heterocycles. The molecular weight excluding hydrogens is 458 g/mol. The second-order valence-corrected chi connectivity index (χ2v) is 9.78. The molecule has 0 aliphatic carbocycles. The van der Waals surface area contributed by atoms with E-state index in [9.17, 15) is 9.59 Å². The van der Waals surface area contributed by atoms with E-state index in [2.05, 4.69) is 5.32 Å². The van der Waals surface area contributed by atoms with Crippen LogP contribution >= 0.6 is 23.4 Å². The highest BCUT2D eigenvalue weighted by Crippen LogP contribution is 2.30. The average Bonchev–Trinajstić information content (AvgIpc) is 3.14. The van der Waals surface area contributed by atoms with E-state index in [1.165, 1.54) is 11.8 Å². The number of amides is 2. The van der Waals surface area contributed by atoms with Crippen LogP contribution in [0.4, 0.5) is 0 Å². The smallest absolute Gasteiger partial charge is 0.242 e. The lowest BCUT2D eigenvalue weighted by Crippen LogP contribution is -2.49. The molecule has 0 saturated carbocycles. The van der Waals surface area contributed by atoms with Gasteiger partial charge in [-0.1, -0.05) is 48.0 Å². The van der Waals surface area contributed by atoms with Gasteiger partial charge in [0.05, 0.1) is 18.0 Å². The van der Waals surface area contributed by atoms with E-state index >= 15 is 0 Å². The summed E-state index contributed by atoms with van der Waals surface area (Å²) < 4.78 is 7.73. The molecule has 2 unspecified atom stereocenters. The Morgan fingerprint density at radius 3 is 2.55 bits per heavy atom. The minimum Gasteiger partial charge on any atom is -0.372 e. The average molecular weight is 486 g/mol. The Balaban J connectivity index is 1.41. The van der Waals surface area contributed by atoms with Crippen LogP contribution in [0.3, 0.4) is 0 Å². The van der Waals surface area contributed by atoms with Gasteiger partial charge in [-0.15, -0.1) is 11.8 Å². The quantitative estimate of drug-likeness (QED) is 0.506. The minimum atomic E-state index is -0.0656. The molecular formula is C25H28ClN3O3S. The van der Waals surface area contributed by atoms with E-state index in [1.807, 2.05) is 78.0 Å². The Bertz CT molecular complexity index is 1140. The Morgan fingerprint density at radius 1 is 1.09 bits per heavy atom. The minimum absolute atomic E-state index is 0.0366. The van der Waals surface area contributed by atoms with Crippen molar-refractivity contribution in [3.05, 3.63) is 65.3 Å². The number of ether oxygens (including phenoxy) is 1. The maximum Gasteiger partial charge on any atom is 0.242 e. The molecule has 2 amide bonds. The molecule has 4 rings (SSSR count). The molecule has 1 fully saturated rings. The monoisotopic (exact) mass is 485 g/mol. The zero-order valence-electron chi connectivity index (χ0n) is 18.8. The molecule has 6 nitrogen and oxygen atoms in total. The maximum absolute atomic E-state index is 13.0. The molecule has 0 bridgehead atoms. The number of carbonyl (C=O) groups is 2. The number of para-hydroxylation sites is 1. The van der Waals surface area contributed by atoms with Crippen molar-refractivity contribution in [3.8, 4) is 0 Å². The van der Waals surface area contributed by atoms with Crippen LogP contribution in [0.1, 0.15) is 19.4 Å². The van der Waals surface area contributed by atoms with Crippen LogP contribution < -0.4 is 5.32 Å². The maximum atomic E-state index is 13.0. The molecule has 1 aliphatic heterocycles. The summed E-state index contributed by atoms with van der Waals surface area (Å²) in [6, 6.07) is 15.4. The highest BCUT2D eigenvalue weighted by Gasteiger charge is 2.26. The highest BCUT2D eigenvalue weighted by atomic mass is 35.5.